The molecule has 0 bridgehead atoms. The van der Waals surface area contributed by atoms with E-state index in [1.54, 1.807) is 0 Å². The number of benzene rings is 1. The normalized spacial score (nSPS) is 14.4. The van der Waals surface area contributed by atoms with E-state index in [9.17, 15) is 0 Å². The molecular weight excluding hydrogens is 350 g/mol. The molecule has 3 nitrogen and oxygen atoms in total. The molecule has 0 saturated carbocycles. The molecule has 0 atom stereocenters. The molecule has 5 heteroatoms. The van der Waals surface area contributed by atoms with E-state index in [4.69, 9.17) is 21.6 Å². The Kier molecular flexibility index (Phi) is 4.45. The van der Waals surface area contributed by atoms with Crippen molar-refractivity contribution in [1.29, 1.82) is 0 Å². The summed E-state index contributed by atoms with van der Waals surface area (Å²) < 4.78 is 0.922. The predicted molar refractivity (Wildman–Crippen MR) is 91.0 cm³/mol. The fraction of sp³-hybridized carbons (Fsp3) is 0.375. The van der Waals surface area contributed by atoms with Gasteiger partial charge in [0, 0.05) is 33.4 Å². The number of aromatic nitrogens is 2. The molecule has 1 aromatic carbocycles. The van der Waals surface area contributed by atoms with Gasteiger partial charge in [0.15, 0.2) is 5.82 Å². The first-order valence-electron chi connectivity index (χ1n) is 7.22. The van der Waals surface area contributed by atoms with Crippen LogP contribution in [0.4, 0.5) is 5.82 Å². The van der Waals surface area contributed by atoms with Gasteiger partial charge in [0.05, 0.1) is 0 Å². The molecule has 1 heterocycles. The van der Waals surface area contributed by atoms with Crippen molar-refractivity contribution in [2.45, 2.75) is 32.1 Å². The van der Waals surface area contributed by atoms with Crippen LogP contribution >= 0.6 is 27.5 Å². The third-order valence-electron chi connectivity index (χ3n) is 3.84. The molecule has 110 valence electrons. The van der Waals surface area contributed by atoms with Gasteiger partial charge >= 0.3 is 0 Å². The minimum atomic E-state index is 0.703. The van der Waals surface area contributed by atoms with Crippen LogP contribution < -0.4 is 5.32 Å². The fourth-order valence-electron chi connectivity index (χ4n) is 2.77. The molecule has 2 aromatic rings. The molecule has 3 rings (SSSR count). The van der Waals surface area contributed by atoms with Gasteiger partial charge in [-0.15, -0.1) is 0 Å². The Bertz CT molecular complexity index is 673. The van der Waals surface area contributed by atoms with E-state index in [1.165, 1.54) is 30.5 Å². The van der Waals surface area contributed by atoms with Crippen molar-refractivity contribution in [3.05, 3.63) is 39.0 Å². The quantitative estimate of drug-likeness (QED) is 0.770. The van der Waals surface area contributed by atoms with Crippen LogP contribution in [0.1, 0.15) is 30.5 Å². The number of anilines is 1. The number of nitrogens with one attached hydrogen (secondary N) is 1. The molecule has 1 aliphatic rings. The molecule has 0 saturated heterocycles. The summed E-state index contributed by atoms with van der Waals surface area (Å²) in [5, 5.41) is 3.93. The molecule has 1 aromatic heterocycles. The van der Waals surface area contributed by atoms with Crippen LogP contribution in [-0.2, 0) is 12.8 Å². The van der Waals surface area contributed by atoms with Crippen molar-refractivity contribution < 1.29 is 0 Å². The lowest BCUT2D eigenvalue weighted by molar-refractivity contribution is 0.709. The second-order valence-corrected chi connectivity index (χ2v) is 6.55. The summed E-state index contributed by atoms with van der Waals surface area (Å²) in [4.78, 5) is 9.53. The predicted octanol–water partition coefficient (Wildman–Crippen LogP) is 4.87. The van der Waals surface area contributed by atoms with E-state index in [2.05, 4.69) is 21.2 Å². The maximum Gasteiger partial charge on any atom is 0.162 e. The molecular formula is C16H17BrClN3. The van der Waals surface area contributed by atoms with Crippen molar-refractivity contribution in [1.82, 2.24) is 9.97 Å². The van der Waals surface area contributed by atoms with Gasteiger partial charge in [0.2, 0.25) is 0 Å². The zero-order valence-electron chi connectivity index (χ0n) is 11.9. The number of hydrogen-bond donors (Lipinski definition) is 1. The third kappa shape index (κ3) is 3.06. The van der Waals surface area contributed by atoms with Crippen molar-refractivity contribution >= 4 is 33.3 Å². The van der Waals surface area contributed by atoms with Crippen LogP contribution in [0.3, 0.4) is 0 Å². The Balaban J connectivity index is 2.13. The minimum Gasteiger partial charge on any atom is -0.373 e. The van der Waals surface area contributed by atoms with Crippen LogP contribution in [0, 0.1) is 0 Å². The number of nitrogens with zero attached hydrogens (tertiary/aromatic N) is 2. The van der Waals surface area contributed by atoms with Gasteiger partial charge in [-0.05, 0) is 59.8 Å². The van der Waals surface area contributed by atoms with Gasteiger partial charge in [0.1, 0.15) is 5.82 Å². The highest BCUT2D eigenvalue weighted by atomic mass is 79.9. The Labute approximate surface area is 138 Å². The number of fused-ring (bicyclic) bond motifs is 1. The van der Waals surface area contributed by atoms with Gasteiger partial charge < -0.3 is 5.32 Å². The summed E-state index contributed by atoms with van der Waals surface area (Å²) in [5.74, 6) is 1.71. The van der Waals surface area contributed by atoms with E-state index in [0.717, 1.165) is 34.5 Å². The Hall–Kier alpha value is -1.13. The molecule has 0 amide bonds. The van der Waals surface area contributed by atoms with Crippen LogP contribution in [0.25, 0.3) is 11.4 Å². The number of rotatable bonds is 2. The Morgan fingerprint density at radius 1 is 1.14 bits per heavy atom. The molecule has 0 unspecified atom stereocenters. The van der Waals surface area contributed by atoms with E-state index in [-0.39, 0.29) is 0 Å². The highest BCUT2D eigenvalue weighted by Crippen LogP contribution is 2.32. The van der Waals surface area contributed by atoms with E-state index >= 15 is 0 Å². The fourth-order valence-corrected chi connectivity index (χ4v) is 3.63. The zero-order valence-corrected chi connectivity index (χ0v) is 14.3. The number of hydrogen-bond acceptors (Lipinski definition) is 3. The van der Waals surface area contributed by atoms with Gasteiger partial charge in [-0.2, -0.15) is 0 Å². The lowest BCUT2D eigenvalue weighted by Gasteiger charge is -2.13. The lowest BCUT2D eigenvalue weighted by atomic mass is 10.1. The monoisotopic (exact) mass is 365 g/mol. The highest BCUT2D eigenvalue weighted by molar-refractivity contribution is 9.10. The Morgan fingerprint density at radius 3 is 2.71 bits per heavy atom. The molecule has 0 aliphatic heterocycles. The third-order valence-corrected chi connectivity index (χ3v) is 4.73. The summed E-state index contributed by atoms with van der Waals surface area (Å²) in [6, 6.07) is 5.71. The molecule has 0 fully saturated rings. The molecule has 0 spiro atoms. The summed E-state index contributed by atoms with van der Waals surface area (Å²) in [5.41, 5.74) is 3.44. The maximum atomic E-state index is 6.02. The lowest BCUT2D eigenvalue weighted by Crippen LogP contribution is -2.07. The average Bonchev–Trinajstić information content (AvgIpc) is 2.71. The SMILES string of the molecule is CNc1nc(-c2ccc(Cl)cc2Br)nc2c1CCCCC2. The maximum absolute atomic E-state index is 6.02. The van der Waals surface area contributed by atoms with Crippen molar-refractivity contribution in [3.63, 3.8) is 0 Å². The van der Waals surface area contributed by atoms with E-state index < -0.39 is 0 Å². The van der Waals surface area contributed by atoms with Crippen molar-refractivity contribution in [2.75, 3.05) is 12.4 Å². The summed E-state index contributed by atoms with van der Waals surface area (Å²) in [6.45, 7) is 0. The second kappa shape index (κ2) is 6.32. The van der Waals surface area contributed by atoms with Crippen LogP contribution in [-0.4, -0.2) is 17.0 Å². The molecule has 0 radical (unpaired) electrons. The van der Waals surface area contributed by atoms with Gasteiger partial charge in [-0.1, -0.05) is 18.0 Å². The molecule has 21 heavy (non-hydrogen) atoms. The van der Waals surface area contributed by atoms with Gasteiger partial charge in [-0.25, -0.2) is 9.97 Å². The topological polar surface area (TPSA) is 37.8 Å². The number of halogens is 2. The second-order valence-electron chi connectivity index (χ2n) is 5.26. The van der Waals surface area contributed by atoms with Crippen LogP contribution in [0.2, 0.25) is 5.02 Å². The summed E-state index contributed by atoms with van der Waals surface area (Å²) in [7, 11) is 1.92. The summed E-state index contributed by atoms with van der Waals surface area (Å²) >= 11 is 9.57. The minimum absolute atomic E-state index is 0.703. The largest absolute Gasteiger partial charge is 0.373 e. The van der Waals surface area contributed by atoms with Gasteiger partial charge in [-0.3, -0.25) is 0 Å². The average molecular weight is 367 g/mol. The van der Waals surface area contributed by atoms with E-state index in [1.807, 2.05) is 25.2 Å². The van der Waals surface area contributed by atoms with Gasteiger partial charge in [0.25, 0.3) is 0 Å². The first kappa shape index (κ1) is 14.8. The smallest absolute Gasteiger partial charge is 0.162 e. The highest BCUT2D eigenvalue weighted by Gasteiger charge is 2.17. The summed E-state index contributed by atoms with van der Waals surface area (Å²) in [6.07, 6.45) is 5.78. The first-order chi connectivity index (χ1) is 10.2. The Morgan fingerprint density at radius 2 is 1.95 bits per heavy atom. The number of aryl methyl sites for hydroxylation is 1. The van der Waals surface area contributed by atoms with Crippen LogP contribution in [0.15, 0.2) is 22.7 Å². The van der Waals surface area contributed by atoms with Crippen LogP contribution in [0.5, 0.6) is 0 Å². The molecule has 1 aliphatic carbocycles. The first-order valence-corrected chi connectivity index (χ1v) is 8.39. The molecule has 1 N–H and O–H groups in total. The van der Waals surface area contributed by atoms with Crippen molar-refractivity contribution in [2.24, 2.45) is 0 Å². The standard InChI is InChI=1S/C16H17BrClN3/c1-19-15-12-5-3-2-4-6-14(12)20-16(21-15)11-8-7-10(18)9-13(11)17/h7-9H,2-6H2,1H3,(H,19,20,21). The van der Waals surface area contributed by atoms with E-state index in [0.29, 0.717) is 5.02 Å². The van der Waals surface area contributed by atoms with Crippen molar-refractivity contribution in [3.8, 4) is 11.4 Å². The zero-order chi connectivity index (χ0) is 14.8.